The Kier molecular flexibility index (Phi) is 3.15. The van der Waals surface area contributed by atoms with Crippen LogP contribution in [-0.4, -0.2) is 33.4 Å². The molecule has 0 radical (unpaired) electrons. The van der Waals surface area contributed by atoms with Crippen molar-refractivity contribution < 1.29 is 4.52 Å². The van der Waals surface area contributed by atoms with Gasteiger partial charge in [0, 0.05) is 19.0 Å². The van der Waals surface area contributed by atoms with Crippen molar-refractivity contribution in [3.05, 3.63) is 29.5 Å². The lowest BCUT2D eigenvalue weighted by atomic mass is 9.97. The van der Waals surface area contributed by atoms with Crippen LogP contribution in [0, 0.1) is 13.8 Å². The molecule has 1 fully saturated rings. The first-order valence-corrected chi connectivity index (χ1v) is 6.58. The molecule has 0 N–H and O–H groups in total. The van der Waals surface area contributed by atoms with Gasteiger partial charge in [0.1, 0.15) is 0 Å². The van der Waals surface area contributed by atoms with Crippen molar-refractivity contribution in [3.63, 3.8) is 0 Å². The van der Waals surface area contributed by atoms with E-state index in [2.05, 4.69) is 25.2 Å². The van der Waals surface area contributed by atoms with Crippen LogP contribution in [0.1, 0.15) is 36.2 Å². The second-order valence-corrected chi connectivity index (χ2v) is 4.97. The maximum absolute atomic E-state index is 5.25. The Balaban J connectivity index is 1.64. The molecule has 100 valence electrons. The third-order valence-electron chi connectivity index (χ3n) is 3.50. The highest BCUT2D eigenvalue weighted by Crippen LogP contribution is 2.28. The maximum atomic E-state index is 5.25. The van der Waals surface area contributed by atoms with E-state index in [-0.39, 0.29) is 0 Å². The van der Waals surface area contributed by atoms with Crippen molar-refractivity contribution in [2.24, 2.45) is 0 Å². The van der Waals surface area contributed by atoms with Gasteiger partial charge in [-0.2, -0.15) is 10.1 Å². The first-order valence-electron chi connectivity index (χ1n) is 6.58. The monoisotopic (exact) mass is 259 g/mol. The molecule has 0 unspecified atom stereocenters. The highest BCUT2D eigenvalue weighted by molar-refractivity contribution is 5.37. The van der Waals surface area contributed by atoms with Crippen LogP contribution in [0.2, 0.25) is 0 Å². The van der Waals surface area contributed by atoms with Crippen molar-refractivity contribution in [1.82, 2.24) is 20.3 Å². The summed E-state index contributed by atoms with van der Waals surface area (Å²) in [5, 5.41) is 12.2. The predicted octanol–water partition coefficient (Wildman–Crippen LogP) is 1.86. The third-order valence-corrected chi connectivity index (χ3v) is 3.50. The van der Waals surface area contributed by atoms with E-state index in [1.807, 2.05) is 26.0 Å². The van der Waals surface area contributed by atoms with Crippen LogP contribution in [0.5, 0.6) is 0 Å². The Hall–Kier alpha value is -1.98. The standard InChI is InChI=1S/C13H17N5O/c1-9-3-4-12(16-15-9)18-7-5-11(6-8-18)13-14-10(2)17-19-13/h3-4,11H,5-8H2,1-2H3. The predicted molar refractivity (Wildman–Crippen MR) is 70.0 cm³/mol. The van der Waals surface area contributed by atoms with E-state index in [0.717, 1.165) is 43.3 Å². The minimum Gasteiger partial charge on any atom is -0.355 e. The van der Waals surface area contributed by atoms with Gasteiger partial charge in [0.05, 0.1) is 5.69 Å². The molecule has 0 saturated carbocycles. The molecule has 2 aromatic heterocycles. The molecule has 0 atom stereocenters. The zero-order valence-corrected chi connectivity index (χ0v) is 11.2. The summed E-state index contributed by atoms with van der Waals surface area (Å²) in [6.45, 7) is 5.69. The van der Waals surface area contributed by atoms with Gasteiger partial charge in [0.15, 0.2) is 11.6 Å². The van der Waals surface area contributed by atoms with Crippen LogP contribution < -0.4 is 4.90 Å². The van der Waals surface area contributed by atoms with Gasteiger partial charge < -0.3 is 9.42 Å². The fourth-order valence-electron chi connectivity index (χ4n) is 2.40. The Bertz CT molecular complexity index is 542. The van der Waals surface area contributed by atoms with Crippen molar-refractivity contribution in [3.8, 4) is 0 Å². The summed E-state index contributed by atoms with van der Waals surface area (Å²) < 4.78 is 5.25. The number of aromatic nitrogens is 4. The third kappa shape index (κ3) is 2.57. The number of piperidine rings is 1. The summed E-state index contributed by atoms with van der Waals surface area (Å²) in [7, 11) is 0. The molecule has 3 heterocycles. The number of aryl methyl sites for hydroxylation is 2. The summed E-state index contributed by atoms with van der Waals surface area (Å²) in [6, 6.07) is 4.02. The minimum absolute atomic E-state index is 0.371. The van der Waals surface area contributed by atoms with Crippen molar-refractivity contribution in [1.29, 1.82) is 0 Å². The number of hydrogen-bond acceptors (Lipinski definition) is 6. The molecule has 1 aliphatic heterocycles. The smallest absolute Gasteiger partial charge is 0.229 e. The van der Waals surface area contributed by atoms with Gasteiger partial charge in [-0.05, 0) is 38.8 Å². The molecule has 2 aromatic rings. The second kappa shape index (κ2) is 4.95. The zero-order valence-electron chi connectivity index (χ0n) is 11.2. The maximum Gasteiger partial charge on any atom is 0.229 e. The first-order chi connectivity index (χ1) is 9.22. The number of anilines is 1. The highest BCUT2D eigenvalue weighted by atomic mass is 16.5. The molecule has 3 rings (SSSR count). The van der Waals surface area contributed by atoms with Gasteiger partial charge in [-0.25, -0.2) is 0 Å². The number of nitrogens with zero attached hydrogens (tertiary/aromatic N) is 5. The van der Waals surface area contributed by atoms with Crippen LogP contribution in [0.3, 0.4) is 0 Å². The Morgan fingerprint density at radius 2 is 1.95 bits per heavy atom. The van der Waals surface area contributed by atoms with Gasteiger partial charge in [-0.1, -0.05) is 5.16 Å². The van der Waals surface area contributed by atoms with E-state index in [0.29, 0.717) is 11.7 Å². The van der Waals surface area contributed by atoms with Crippen molar-refractivity contribution in [2.45, 2.75) is 32.6 Å². The summed E-state index contributed by atoms with van der Waals surface area (Å²) in [5.74, 6) is 2.80. The van der Waals surface area contributed by atoms with Crippen molar-refractivity contribution in [2.75, 3.05) is 18.0 Å². The van der Waals surface area contributed by atoms with E-state index in [1.165, 1.54) is 0 Å². The lowest BCUT2D eigenvalue weighted by Gasteiger charge is -2.30. The Morgan fingerprint density at radius 3 is 2.53 bits per heavy atom. The van der Waals surface area contributed by atoms with E-state index in [1.54, 1.807) is 0 Å². The normalized spacial score (nSPS) is 16.8. The summed E-state index contributed by atoms with van der Waals surface area (Å²) in [4.78, 5) is 6.58. The molecule has 0 aromatic carbocycles. The fraction of sp³-hybridized carbons (Fsp3) is 0.538. The molecule has 0 spiro atoms. The molecular weight excluding hydrogens is 242 g/mol. The van der Waals surface area contributed by atoms with Gasteiger partial charge in [0.25, 0.3) is 0 Å². The molecule has 19 heavy (non-hydrogen) atoms. The fourth-order valence-corrected chi connectivity index (χ4v) is 2.40. The van der Waals surface area contributed by atoms with Crippen LogP contribution >= 0.6 is 0 Å². The summed E-state index contributed by atoms with van der Waals surface area (Å²) in [6.07, 6.45) is 2.02. The molecule has 1 saturated heterocycles. The summed E-state index contributed by atoms with van der Waals surface area (Å²) in [5.41, 5.74) is 0.944. The van der Waals surface area contributed by atoms with Crippen LogP contribution in [0.15, 0.2) is 16.7 Å². The molecule has 0 aliphatic carbocycles. The first kappa shape index (κ1) is 12.1. The largest absolute Gasteiger partial charge is 0.355 e. The average molecular weight is 259 g/mol. The van der Waals surface area contributed by atoms with E-state index in [4.69, 9.17) is 4.52 Å². The van der Waals surface area contributed by atoms with Crippen LogP contribution in [-0.2, 0) is 0 Å². The second-order valence-electron chi connectivity index (χ2n) is 4.97. The minimum atomic E-state index is 0.371. The van der Waals surface area contributed by atoms with Crippen molar-refractivity contribution >= 4 is 5.82 Å². The molecule has 0 amide bonds. The quantitative estimate of drug-likeness (QED) is 0.820. The van der Waals surface area contributed by atoms with E-state index >= 15 is 0 Å². The van der Waals surface area contributed by atoms with Gasteiger partial charge in [-0.3, -0.25) is 0 Å². The van der Waals surface area contributed by atoms with E-state index < -0.39 is 0 Å². The van der Waals surface area contributed by atoms with Crippen LogP contribution in [0.25, 0.3) is 0 Å². The topological polar surface area (TPSA) is 67.9 Å². The van der Waals surface area contributed by atoms with Crippen LogP contribution in [0.4, 0.5) is 5.82 Å². The van der Waals surface area contributed by atoms with Gasteiger partial charge in [0.2, 0.25) is 5.89 Å². The summed E-state index contributed by atoms with van der Waals surface area (Å²) >= 11 is 0. The molecule has 1 aliphatic rings. The molecule has 0 bridgehead atoms. The average Bonchev–Trinajstić information content (AvgIpc) is 2.87. The SMILES string of the molecule is Cc1ccc(N2CCC(c3nc(C)no3)CC2)nn1. The lowest BCUT2D eigenvalue weighted by molar-refractivity contribution is 0.327. The zero-order chi connectivity index (χ0) is 13.2. The van der Waals surface area contributed by atoms with Gasteiger partial charge >= 0.3 is 0 Å². The molecule has 6 heteroatoms. The van der Waals surface area contributed by atoms with E-state index in [9.17, 15) is 0 Å². The highest BCUT2D eigenvalue weighted by Gasteiger charge is 2.25. The molecular formula is C13H17N5O. The Labute approximate surface area is 111 Å². The number of hydrogen-bond donors (Lipinski definition) is 0. The van der Waals surface area contributed by atoms with Gasteiger partial charge in [-0.15, -0.1) is 5.10 Å². The Morgan fingerprint density at radius 1 is 1.16 bits per heavy atom. The number of rotatable bonds is 2. The molecule has 6 nitrogen and oxygen atoms in total. The lowest BCUT2D eigenvalue weighted by Crippen LogP contribution is -2.33.